The summed E-state index contributed by atoms with van der Waals surface area (Å²) in [6, 6.07) is 5.91. The molecule has 0 bridgehead atoms. The minimum absolute atomic E-state index is 0.766. The van der Waals surface area contributed by atoms with Crippen molar-refractivity contribution in [1.29, 1.82) is 0 Å². The number of aliphatic imine (C=N–C) groups is 1. The van der Waals surface area contributed by atoms with Crippen molar-refractivity contribution in [3.8, 4) is 0 Å². The van der Waals surface area contributed by atoms with Gasteiger partial charge in [-0.1, -0.05) is 24.1 Å². The van der Waals surface area contributed by atoms with Gasteiger partial charge in [0.25, 0.3) is 0 Å². The fourth-order valence-corrected chi connectivity index (χ4v) is 2.03. The van der Waals surface area contributed by atoms with E-state index < -0.39 is 0 Å². The third-order valence-electron chi connectivity index (χ3n) is 2.85. The van der Waals surface area contributed by atoms with E-state index in [4.69, 9.17) is 11.6 Å². The van der Waals surface area contributed by atoms with Crippen LogP contribution in [0.5, 0.6) is 0 Å². The number of rotatable bonds is 1. The topological polar surface area (TPSA) is 24.4 Å². The van der Waals surface area contributed by atoms with Gasteiger partial charge in [0.15, 0.2) is 0 Å². The summed E-state index contributed by atoms with van der Waals surface area (Å²) in [5.41, 5.74) is 2.28. The first-order chi connectivity index (χ1) is 7.75. The standard InChI is InChI=1S/C13H17ClN2/c1-10-6-7-11(14)9-12(10)16-13-5-3-2-4-8-15-13/h6-7,9H,2-5,8H2,1H3,(H,15,16). The first-order valence-electron chi connectivity index (χ1n) is 5.82. The second-order valence-electron chi connectivity index (χ2n) is 4.22. The van der Waals surface area contributed by atoms with E-state index in [0.29, 0.717) is 0 Å². The summed E-state index contributed by atoms with van der Waals surface area (Å²) in [4.78, 5) is 4.55. The number of anilines is 1. The Labute approximate surface area is 102 Å². The van der Waals surface area contributed by atoms with Crippen LogP contribution in [0, 0.1) is 6.92 Å². The van der Waals surface area contributed by atoms with Crippen molar-refractivity contribution in [2.75, 3.05) is 11.9 Å². The van der Waals surface area contributed by atoms with Gasteiger partial charge in [0, 0.05) is 23.7 Å². The fraction of sp³-hybridized carbons (Fsp3) is 0.462. The zero-order chi connectivity index (χ0) is 11.4. The highest BCUT2D eigenvalue weighted by Crippen LogP contribution is 2.21. The van der Waals surface area contributed by atoms with Gasteiger partial charge in [-0.3, -0.25) is 4.99 Å². The zero-order valence-corrected chi connectivity index (χ0v) is 10.3. The van der Waals surface area contributed by atoms with Crippen LogP contribution in [0.2, 0.25) is 5.02 Å². The van der Waals surface area contributed by atoms with Gasteiger partial charge in [-0.15, -0.1) is 0 Å². The molecular formula is C13H17ClN2. The monoisotopic (exact) mass is 236 g/mol. The molecule has 2 rings (SSSR count). The molecule has 0 amide bonds. The van der Waals surface area contributed by atoms with Gasteiger partial charge in [0.1, 0.15) is 5.84 Å². The quantitative estimate of drug-likeness (QED) is 0.782. The average Bonchev–Trinajstić information content (AvgIpc) is 2.52. The normalized spacial score (nSPS) is 16.5. The Morgan fingerprint density at radius 3 is 3.00 bits per heavy atom. The van der Waals surface area contributed by atoms with Crippen molar-refractivity contribution in [3.63, 3.8) is 0 Å². The Balaban J connectivity index is 2.13. The summed E-state index contributed by atoms with van der Waals surface area (Å²) in [6.07, 6.45) is 4.76. The molecule has 1 aromatic carbocycles. The molecule has 0 atom stereocenters. The van der Waals surface area contributed by atoms with Crippen molar-refractivity contribution in [2.45, 2.75) is 32.6 Å². The van der Waals surface area contributed by atoms with Crippen LogP contribution in [0.25, 0.3) is 0 Å². The van der Waals surface area contributed by atoms with Crippen molar-refractivity contribution in [3.05, 3.63) is 28.8 Å². The molecule has 0 spiro atoms. The molecule has 1 heterocycles. The predicted molar refractivity (Wildman–Crippen MR) is 70.6 cm³/mol. The van der Waals surface area contributed by atoms with E-state index >= 15 is 0 Å². The third kappa shape index (κ3) is 2.99. The molecule has 0 saturated heterocycles. The minimum Gasteiger partial charge on any atom is -0.344 e. The zero-order valence-electron chi connectivity index (χ0n) is 9.59. The van der Waals surface area contributed by atoms with Crippen LogP contribution in [-0.2, 0) is 0 Å². The maximum atomic E-state index is 5.99. The van der Waals surface area contributed by atoms with Gasteiger partial charge < -0.3 is 5.32 Å². The fourth-order valence-electron chi connectivity index (χ4n) is 1.86. The van der Waals surface area contributed by atoms with Crippen molar-refractivity contribution in [2.24, 2.45) is 4.99 Å². The SMILES string of the molecule is Cc1ccc(Cl)cc1NC1=NCCCCC1. The Hall–Kier alpha value is -1.02. The van der Waals surface area contributed by atoms with Crippen LogP contribution in [0.3, 0.4) is 0 Å². The van der Waals surface area contributed by atoms with Gasteiger partial charge in [0.2, 0.25) is 0 Å². The van der Waals surface area contributed by atoms with Gasteiger partial charge in [0.05, 0.1) is 0 Å². The molecule has 86 valence electrons. The molecule has 16 heavy (non-hydrogen) atoms. The predicted octanol–water partition coefficient (Wildman–Crippen LogP) is 4.03. The molecule has 0 aliphatic carbocycles. The van der Waals surface area contributed by atoms with Crippen LogP contribution in [0.1, 0.15) is 31.2 Å². The highest BCUT2D eigenvalue weighted by molar-refractivity contribution is 6.31. The van der Waals surface area contributed by atoms with Crippen molar-refractivity contribution in [1.82, 2.24) is 0 Å². The van der Waals surface area contributed by atoms with Crippen LogP contribution >= 0.6 is 11.6 Å². The maximum absolute atomic E-state index is 5.99. The Morgan fingerprint density at radius 1 is 1.25 bits per heavy atom. The summed E-state index contributed by atoms with van der Waals surface area (Å²) in [5.74, 6) is 1.10. The first kappa shape index (κ1) is 11.5. The number of benzene rings is 1. The van der Waals surface area contributed by atoms with Gasteiger partial charge in [-0.2, -0.15) is 0 Å². The second kappa shape index (κ2) is 5.35. The molecule has 0 unspecified atom stereocenters. The Kier molecular flexibility index (Phi) is 3.83. The Morgan fingerprint density at radius 2 is 2.12 bits per heavy atom. The van der Waals surface area contributed by atoms with Crippen LogP contribution in [0.15, 0.2) is 23.2 Å². The number of nitrogens with zero attached hydrogens (tertiary/aromatic N) is 1. The number of aryl methyl sites for hydroxylation is 1. The number of halogens is 1. The molecule has 0 radical (unpaired) electrons. The molecule has 0 saturated carbocycles. The summed E-state index contributed by atoms with van der Waals surface area (Å²) in [6.45, 7) is 3.03. The smallest absolute Gasteiger partial charge is 0.101 e. The van der Waals surface area contributed by atoms with Gasteiger partial charge in [-0.05, 0) is 37.5 Å². The lowest BCUT2D eigenvalue weighted by Crippen LogP contribution is -2.12. The molecule has 0 fully saturated rings. The second-order valence-corrected chi connectivity index (χ2v) is 4.66. The number of hydrogen-bond donors (Lipinski definition) is 1. The van der Waals surface area contributed by atoms with Crippen molar-refractivity contribution >= 4 is 23.1 Å². The first-order valence-corrected chi connectivity index (χ1v) is 6.20. The van der Waals surface area contributed by atoms with Gasteiger partial charge in [-0.25, -0.2) is 0 Å². The summed E-state index contributed by atoms with van der Waals surface area (Å²) in [5, 5.41) is 4.16. The van der Waals surface area contributed by atoms with E-state index in [9.17, 15) is 0 Å². The molecule has 0 aromatic heterocycles. The lowest BCUT2D eigenvalue weighted by molar-refractivity contribution is 0.731. The summed E-state index contributed by atoms with van der Waals surface area (Å²) < 4.78 is 0. The molecule has 2 nitrogen and oxygen atoms in total. The molecule has 1 aromatic rings. The van der Waals surface area contributed by atoms with Crippen LogP contribution < -0.4 is 5.32 Å². The minimum atomic E-state index is 0.766. The van der Waals surface area contributed by atoms with E-state index in [0.717, 1.165) is 29.5 Å². The highest BCUT2D eigenvalue weighted by Gasteiger charge is 2.06. The molecular weight excluding hydrogens is 220 g/mol. The van der Waals surface area contributed by atoms with E-state index in [2.05, 4.69) is 17.2 Å². The molecule has 1 aliphatic rings. The van der Waals surface area contributed by atoms with E-state index in [-0.39, 0.29) is 0 Å². The lowest BCUT2D eigenvalue weighted by Gasteiger charge is -2.11. The summed E-state index contributed by atoms with van der Waals surface area (Å²) >= 11 is 5.99. The third-order valence-corrected chi connectivity index (χ3v) is 3.09. The van der Waals surface area contributed by atoms with E-state index in [1.54, 1.807) is 0 Å². The van der Waals surface area contributed by atoms with E-state index in [1.165, 1.54) is 24.8 Å². The number of nitrogens with one attached hydrogen (secondary N) is 1. The highest BCUT2D eigenvalue weighted by atomic mass is 35.5. The molecule has 1 aliphatic heterocycles. The van der Waals surface area contributed by atoms with Crippen molar-refractivity contribution < 1.29 is 0 Å². The van der Waals surface area contributed by atoms with Gasteiger partial charge >= 0.3 is 0 Å². The van der Waals surface area contributed by atoms with Crippen LogP contribution in [0.4, 0.5) is 5.69 Å². The Bertz CT molecular complexity index is 399. The summed E-state index contributed by atoms with van der Waals surface area (Å²) in [7, 11) is 0. The van der Waals surface area contributed by atoms with E-state index in [1.807, 2.05) is 18.2 Å². The largest absolute Gasteiger partial charge is 0.344 e. The lowest BCUT2D eigenvalue weighted by atomic mass is 10.2. The molecule has 1 N–H and O–H groups in total. The average molecular weight is 237 g/mol. The number of amidine groups is 1. The molecule has 3 heteroatoms. The maximum Gasteiger partial charge on any atom is 0.101 e. The van der Waals surface area contributed by atoms with Crippen LogP contribution in [-0.4, -0.2) is 12.4 Å². The number of hydrogen-bond acceptors (Lipinski definition) is 2.